The molecule has 0 saturated carbocycles. The van der Waals surface area contributed by atoms with Gasteiger partial charge in [-0.05, 0) is 37.1 Å². The van der Waals surface area contributed by atoms with Crippen molar-refractivity contribution in [3.05, 3.63) is 69.8 Å². The summed E-state index contributed by atoms with van der Waals surface area (Å²) in [5, 5.41) is 11.0. The summed E-state index contributed by atoms with van der Waals surface area (Å²) in [6, 6.07) is 15.8. The molecule has 1 aliphatic heterocycles. The summed E-state index contributed by atoms with van der Waals surface area (Å²) < 4.78 is 0. The Bertz CT molecular complexity index is 724. The summed E-state index contributed by atoms with van der Waals surface area (Å²) >= 11 is 0. The zero-order valence-corrected chi connectivity index (χ0v) is 14.2. The molecule has 0 N–H and O–H groups in total. The van der Waals surface area contributed by atoms with Gasteiger partial charge in [0.2, 0.25) is 0 Å². The van der Waals surface area contributed by atoms with Gasteiger partial charge in [-0.15, -0.1) is 0 Å². The number of hydrogen-bond acceptors (Lipinski definition) is 4. The first-order valence-electron chi connectivity index (χ1n) is 8.34. The second-order valence-corrected chi connectivity index (χ2v) is 6.39. The minimum atomic E-state index is -0.327. The van der Waals surface area contributed by atoms with Crippen LogP contribution in [0.5, 0.6) is 0 Å². The van der Waals surface area contributed by atoms with Crippen molar-refractivity contribution >= 4 is 11.4 Å². The lowest BCUT2D eigenvalue weighted by atomic mass is 10.1. The molecule has 5 nitrogen and oxygen atoms in total. The number of nitro benzene ring substituents is 1. The predicted molar refractivity (Wildman–Crippen MR) is 96.5 cm³/mol. The number of rotatable bonds is 4. The molecule has 1 saturated heterocycles. The fourth-order valence-corrected chi connectivity index (χ4v) is 3.30. The van der Waals surface area contributed by atoms with Crippen LogP contribution in [0, 0.1) is 17.0 Å². The number of anilines is 1. The van der Waals surface area contributed by atoms with E-state index in [1.807, 2.05) is 6.07 Å². The molecule has 0 radical (unpaired) electrons. The lowest BCUT2D eigenvalue weighted by molar-refractivity contribution is -0.384. The van der Waals surface area contributed by atoms with E-state index in [1.54, 1.807) is 18.2 Å². The lowest BCUT2D eigenvalue weighted by Crippen LogP contribution is -2.47. The summed E-state index contributed by atoms with van der Waals surface area (Å²) in [6.45, 7) is 8.10. The standard InChI is InChI=1S/C19H23N3O2/c1-15-5-3-7-18(13-15)21-11-9-20(10-12-21)16(2)17-6-4-8-19(14-17)22(23)24/h3-8,13-14,16H,9-12H2,1-2H3. The van der Waals surface area contributed by atoms with Gasteiger partial charge in [-0.3, -0.25) is 15.0 Å². The zero-order valence-electron chi connectivity index (χ0n) is 14.2. The number of hydrogen-bond donors (Lipinski definition) is 0. The lowest BCUT2D eigenvalue weighted by Gasteiger charge is -2.39. The normalized spacial score (nSPS) is 16.8. The number of aryl methyl sites for hydroxylation is 1. The van der Waals surface area contributed by atoms with Gasteiger partial charge in [-0.25, -0.2) is 0 Å². The van der Waals surface area contributed by atoms with Gasteiger partial charge in [0, 0.05) is 50.0 Å². The van der Waals surface area contributed by atoms with Gasteiger partial charge in [-0.1, -0.05) is 24.3 Å². The van der Waals surface area contributed by atoms with E-state index in [1.165, 1.54) is 11.3 Å². The summed E-state index contributed by atoms with van der Waals surface area (Å²) in [5.74, 6) is 0. The molecule has 0 aliphatic carbocycles. The van der Waals surface area contributed by atoms with E-state index >= 15 is 0 Å². The molecule has 0 aromatic heterocycles. The average molecular weight is 325 g/mol. The van der Waals surface area contributed by atoms with Crippen molar-refractivity contribution < 1.29 is 4.92 Å². The Kier molecular flexibility index (Phi) is 4.81. The van der Waals surface area contributed by atoms with Crippen molar-refractivity contribution in [1.82, 2.24) is 4.90 Å². The van der Waals surface area contributed by atoms with Crippen LogP contribution in [0.2, 0.25) is 0 Å². The Hall–Kier alpha value is -2.40. The fourth-order valence-electron chi connectivity index (χ4n) is 3.30. The molecule has 1 atom stereocenters. The number of benzene rings is 2. The monoisotopic (exact) mass is 325 g/mol. The first kappa shape index (κ1) is 16.5. The Morgan fingerprint density at radius 1 is 1.04 bits per heavy atom. The molecule has 2 aromatic rings. The minimum absolute atomic E-state index is 0.165. The maximum absolute atomic E-state index is 11.0. The van der Waals surface area contributed by atoms with E-state index in [2.05, 4.69) is 47.9 Å². The maximum atomic E-state index is 11.0. The zero-order chi connectivity index (χ0) is 17.1. The Morgan fingerprint density at radius 2 is 1.75 bits per heavy atom. The maximum Gasteiger partial charge on any atom is 0.269 e. The van der Waals surface area contributed by atoms with Crippen LogP contribution in [0.3, 0.4) is 0 Å². The number of non-ortho nitro benzene ring substituents is 1. The highest BCUT2D eigenvalue weighted by Gasteiger charge is 2.23. The molecule has 1 unspecified atom stereocenters. The number of nitro groups is 1. The number of nitrogens with zero attached hydrogens (tertiary/aromatic N) is 3. The molecule has 1 heterocycles. The van der Waals surface area contributed by atoms with Crippen LogP contribution in [-0.4, -0.2) is 36.0 Å². The van der Waals surface area contributed by atoms with Gasteiger partial charge in [-0.2, -0.15) is 0 Å². The Balaban J connectivity index is 1.66. The summed E-state index contributed by atoms with van der Waals surface area (Å²) in [7, 11) is 0. The molecular weight excluding hydrogens is 302 g/mol. The summed E-state index contributed by atoms with van der Waals surface area (Å²) in [5.41, 5.74) is 3.73. The van der Waals surface area contributed by atoms with Crippen LogP contribution in [-0.2, 0) is 0 Å². The van der Waals surface area contributed by atoms with Crippen LogP contribution in [0.1, 0.15) is 24.1 Å². The highest BCUT2D eigenvalue weighted by atomic mass is 16.6. The molecule has 1 fully saturated rings. The highest BCUT2D eigenvalue weighted by molar-refractivity contribution is 5.48. The molecular formula is C19H23N3O2. The molecule has 1 aliphatic rings. The number of piperazine rings is 1. The molecule has 0 amide bonds. The van der Waals surface area contributed by atoms with Crippen molar-refractivity contribution in [2.24, 2.45) is 0 Å². The van der Waals surface area contributed by atoms with Crippen LogP contribution in [0.4, 0.5) is 11.4 Å². The molecule has 24 heavy (non-hydrogen) atoms. The topological polar surface area (TPSA) is 49.6 Å². The smallest absolute Gasteiger partial charge is 0.269 e. The van der Waals surface area contributed by atoms with E-state index in [0.717, 1.165) is 31.7 Å². The predicted octanol–water partition coefficient (Wildman–Crippen LogP) is 3.79. The second kappa shape index (κ2) is 7.01. The van der Waals surface area contributed by atoms with Gasteiger partial charge in [0.15, 0.2) is 0 Å². The van der Waals surface area contributed by atoms with Crippen LogP contribution in [0.25, 0.3) is 0 Å². The second-order valence-electron chi connectivity index (χ2n) is 6.39. The molecule has 0 bridgehead atoms. The van der Waals surface area contributed by atoms with E-state index in [0.29, 0.717) is 0 Å². The third kappa shape index (κ3) is 3.57. The summed E-state index contributed by atoms with van der Waals surface area (Å²) in [6.07, 6.45) is 0. The van der Waals surface area contributed by atoms with Crippen molar-refractivity contribution in [2.45, 2.75) is 19.9 Å². The molecule has 0 spiro atoms. The van der Waals surface area contributed by atoms with Gasteiger partial charge >= 0.3 is 0 Å². The van der Waals surface area contributed by atoms with Gasteiger partial charge in [0.25, 0.3) is 5.69 Å². The van der Waals surface area contributed by atoms with E-state index in [4.69, 9.17) is 0 Å². The first-order valence-corrected chi connectivity index (χ1v) is 8.34. The Labute approximate surface area is 142 Å². The third-order valence-corrected chi connectivity index (χ3v) is 4.79. The van der Waals surface area contributed by atoms with Crippen molar-refractivity contribution in [3.8, 4) is 0 Å². The van der Waals surface area contributed by atoms with Crippen LogP contribution >= 0.6 is 0 Å². The van der Waals surface area contributed by atoms with Crippen molar-refractivity contribution in [2.75, 3.05) is 31.1 Å². The molecule has 3 rings (SSSR count). The summed E-state index contributed by atoms with van der Waals surface area (Å²) in [4.78, 5) is 15.4. The van der Waals surface area contributed by atoms with Gasteiger partial charge < -0.3 is 4.90 Å². The largest absolute Gasteiger partial charge is 0.369 e. The van der Waals surface area contributed by atoms with Crippen LogP contribution in [0.15, 0.2) is 48.5 Å². The van der Waals surface area contributed by atoms with Gasteiger partial charge in [0.05, 0.1) is 4.92 Å². The average Bonchev–Trinajstić information content (AvgIpc) is 2.61. The molecule has 126 valence electrons. The van der Waals surface area contributed by atoms with Crippen molar-refractivity contribution in [3.63, 3.8) is 0 Å². The van der Waals surface area contributed by atoms with E-state index < -0.39 is 0 Å². The third-order valence-electron chi connectivity index (χ3n) is 4.79. The first-order chi connectivity index (χ1) is 11.5. The Morgan fingerprint density at radius 3 is 2.42 bits per heavy atom. The SMILES string of the molecule is Cc1cccc(N2CCN(C(C)c3cccc([N+](=O)[O-])c3)CC2)c1. The molecule has 2 aromatic carbocycles. The van der Waals surface area contributed by atoms with E-state index in [9.17, 15) is 10.1 Å². The minimum Gasteiger partial charge on any atom is -0.369 e. The molecule has 5 heteroatoms. The highest BCUT2D eigenvalue weighted by Crippen LogP contribution is 2.26. The van der Waals surface area contributed by atoms with Crippen molar-refractivity contribution in [1.29, 1.82) is 0 Å². The fraction of sp³-hybridized carbons (Fsp3) is 0.368. The van der Waals surface area contributed by atoms with E-state index in [-0.39, 0.29) is 16.7 Å². The van der Waals surface area contributed by atoms with Crippen LogP contribution < -0.4 is 4.90 Å². The quantitative estimate of drug-likeness (QED) is 0.634. The van der Waals surface area contributed by atoms with Gasteiger partial charge in [0.1, 0.15) is 0 Å².